The first-order valence-electron chi connectivity index (χ1n) is 8.13. The van der Waals surface area contributed by atoms with E-state index >= 15 is 0 Å². The summed E-state index contributed by atoms with van der Waals surface area (Å²) in [7, 11) is 3.38. The van der Waals surface area contributed by atoms with E-state index in [-0.39, 0.29) is 11.3 Å². The van der Waals surface area contributed by atoms with Crippen LogP contribution in [0, 0.1) is 5.92 Å². The number of nitrogens with zero attached hydrogens (tertiary/aromatic N) is 1. The lowest BCUT2D eigenvalue weighted by molar-refractivity contribution is 0.218. The summed E-state index contributed by atoms with van der Waals surface area (Å²) < 4.78 is 17.0. The fourth-order valence-electron chi connectivity index (χ4n) is 3.74. The molecule has 2 aliphatic rings. The summed E-state index contributed by atoms with van der Waals surface area (Å²) in [6.45, 7) is 5.10. The number of benzene rings is 2. The van der Waals surface area contributed by atoms with Crippen LogP contribution in [-0.2, 0) is 5.41 Å². The molecule has 0 saturated carbocycles. The molecule has 0 amide bonds. The molecule has 2 aromatic rings. The third kappa shape index (κ3) is 2.02. The minimum Gasteiger partial charge on any atom is -0.497 e. The van der Waals surface area contributed by atoms with E-state index in [1.54, 1.807) is 14.2 Å². The molecule has 2 aromatic carbocycles. The maximum atomic E-state index is 6.05. The van der Waals surface area contributed by atoms with Gasteiger partial charge in [-0.2, -0.15) is 0 Å². The van der Waals surface area contributed by atoms with Crippen molar-refractivity contribution in [2.75, 3.05) is 20.8 Å². The molecule has 0 N–H and O–H groups in total. The number of hydrogen-bond donors (Lipinski definition) is 0. The van der Waals surface area contributed by atoms with E-state index in [2.05, 4.69) is 19.9 Å². The van der Waals surface area contributed by atoms with Gasteiger partial charge in [0.25, 0.3) is 0 Å². The Balaban J connectivity index is 1.97. The molecule has 0 saturated heterocycles. The van der Waals surface area contributed by atoms with Crippen molar-refractivity contribution in [2.45, 2.75) is 19.3 Å². The van der Waals surface area contributed by atoms with Gasteiger partial charge in [-0.3, -0.25) is 4.99 Å². The molecule has 0 aromatic heterocycles. The van der Waals surface area contributed by atoms with Crippen molar-refractivity contribution in [3.05, 3.63) is 47.5 Å². The van der Waals surface area contributed by atoms with E-state index < -0.39 is 0 Å². The molecule has 4 nitrogen and oxygen atoms in total. The fraction of sp³-hybridized carbons (Fsp3) is 0.350. The predicted octanol–water partition coefficient (Wildman–Crippen LogP) is 4.12. The predicted molar refractivity (Wildman–Crippen MR) is 94.2 cm³/mol. The summed E-state index contributed by atoms with van der Waals surface area (Å²) in [6, 6.07) is 12.0. The van der Waals surface area contributed by atoms with Crippen molar-refractivity contribution >= 4 is 11.4 Å². The number of fused-ring (bicyclic) bond motifs is 4. The monoisotopic (exact) mass is 323 g/mol. The van der Waals surface area contributed by atoms with Gasteiger partial charge in [0.05, 0.1) is 37.8 Å². The Hall–Kier alpha value is -2.49. The molecule has 1 atom stereocenters. The van der Waals surface area contributed by atoms with Gasteiger partial charge in [0.15, 0.2) is 0 Å². The Bertz CT molecular complexity index is 825. The van der Waals surface area contributed by atoms with E-state index in [0.717, 1.165) is 34.2 Å². The summed E-state index contributed by atoms with van der Waals surface area (Å²) in [6.07, 6.45) is 0. The first-order chi connectivity index (χ1) is 11.6. The summed E-state index contributed by atoms with van der Waals surface area (Å²) in [5.41, 5.74) is 4.10. The molecule has 4 heteroatoms. The third-order valence-corrected chi connectivity index (χ3v) is 5.21. The number of hydrogen-bond acceptors (Lipinski definition) is 4. The van der Waals surface area contributed by atoms with Gasteiger partial charge in [-0.1, -0.05) is 19.9 Å². The zero-order valence-electron chi connectivity index (χ0n) is 14.4. The van der Waals surface area contributed by atoms with Crippen LogP contribution < -0.4 is 14.2 Å². The lowest BCUT2D eigenvalue weighted by atomic mass is 9.67. The average Bonchev–Trinajstić information content (AvgIpc) is 2.60. The molecular formula is C20H21NO3. The zero-order chi connectivity index (χ0) is 16.9. The van der Waals surface area contributed by atoms with Crippen LogP contribution in [0.5, 0.6) is 17.2 Å². The highest BCUT2D eigenvalue weighted by Crippen LogP contribution is 2.49. The van der Waals surface area contributed by atoms with Gasteiger partial charge in [-0.05, 0) is 35.9 Å². The van der Waals surface area contributed by atoms with Crippen molar-refractivity contribution in [3.63, 3.8) is 0 Å². The van der Waals surface area contributed by atoms with Crippen LogP contribution in [0.25, 0.3) is 0 Å². The number of methoxy groups -OCH3 is 2. The lowest BCUT2D eigenvalue weighted by Crippen LogP contribution is -2.44. The number of ether oxygens (including phenoxy) is 3. The van der Waals surface area contributed by atoms with Crippen molar-refractivity contribution in [2.24, 2.45) is 10.9 Å². The van der Waals surface area contributed by atoms with Crippen LogP contribution in [0.1, 0.15) is 25.0 Å². The summed E-state index contributed by atoms with van der Waals surface area (Å²) in [5, 5.41) is 0. The maximum Gasteiger partial charge on any atom is 0.132 e. The number of aliphatic imine (C=N–C) groups is 1. The highest BCUT2D eigenvalue weighted by molar-refractivity contribution is 6.10. The minimum absolute atomic E-state index is 0.112. The second kappa shape index (κ2) is 5.26. The Morgan fingerprint density at radius 2 is 1.96 bits per heavy atom. The van der Waals surface area contributed by atoms with Crippen LogP contribution in [-0.4, -0.2) is 26.5 Å². The molecule has 0 fully saturated rings. The first kappa shape index (κ1) is 15.1. The topological polar surface area (TPSA) is 40.0 Å². The molecule has 0 spiro atoms. The zero-order valence-corrected chi connectivity index (χ0v) is 14.4. The molecule has 1 unspecified atom stereocenters. The van der Waals surface area contributed by atoms with E-state index in [0.29, 0.717) is 6.61 Å². The van der Waals surface area contributed by atoms with Crippen molar-refractivity contribution < 1.29 is 14.2 Å². The fourth-order valence-corrected chi connectivity index (χ4v) is 3.74. The van der Waals surface area contributed by atoms with Gasteiger partial charge in [-0.25, -0.2) is 0 Å². The van der Waals surface area contributed by atoms with Gasteiger partial charge in [0.1, 0.15) is 17.2 Å². The van der Waals surface area contributed by atoms with Crippen LogP contribution in [0.2, 0.25) is 0 Å². The van der Waals surface area contributed by atoms with E-state index in [1.807, 2.05) is 30.3 Å². The molecular weight excluding hydrogens is 302 g/mol. The second-order valence-electron chi connectivity index (χ2n) is 6.80. The van der Waals surface area contributed by atoms with Crippen molar-refractivity contribution in [1.29, 1.82) is 0 Å². The van der Waals surface area contributed by atoms with Gasteiger partial charge < -0.3 is 14.2 Å². The Morgan fingerprint density at radius 3 is 2.71 bits per heavy atom. The molecule has 4 rings (SSSR count). The summed E-state index contributed by atoms with van der Waals surface area (Å²) >= 11 is 0. The Labute approximate surface area is 142 Å². The normalized spacial score (nSPS) is 20.0. The Morgan fingerprint density at radius 1 is 1.12 bits per heavy atom. The average molecular weight is 323 g/mol. The van der Waals surface area contributed by atoms with Crippen molar-refractivity contribution in [3.8, 4) is 17.2 Å². The molecule has 0 aliphatic carbocycles. The lowest BCUT2D eigenvalue weighted by Gasteiger charge is -2.42. The second-order valence-corrected chi connectivity index (χ2v) is 6.80. The molecule has 0 bridgehead atoms. The molecule has 2 heterocycles. The SMILES string of the molecule is COc1ccc2c(c1)C(C)(C)C1COc3cccc(OC)c3C1=N2. The molecule has 2 aliphatic heterocycles. The highest BCUT2D eigenvalue weighted by Gasteiger charge is 2.44. The van der Waals surface area contributed by atoms with Gasteiger partial charge >= 0.3 is 0 Å². The third-order valence-electron chi connectivity index (χ3n) is 5.21. The summed E-state index contributed by atoms with van der Waals surface area (Å²) in [5.74, 6) is 2.68. The standard InChI is InChI=1S/C20H21NO3/c1-20(2)13-10-12(22-3)8-9-15(13)21-19-14(20)11-24-17-7-5-6-16(23-4)18(17)19/h5-10,14H,11H2,1-4H3. The first-order valence-corrected chi connectivity index (χ1v) is 8.13. The quantitative estimate of drug-likeness (QED) is 0.834. The smallest absolute Gasteiger partial charge is 0.132 e. The number of rotatable bonds is 2. The van der Waals surface area contributed by atoms with E-state index in [9.17, 15) is 0 Å². The van der Waals surface area contributed by atoms with Crippen LogP contribution in [0.15, 0.2) is 41.4 Å². The highest BCUT2D eigenvalue weighted by atomic mass is 16.5. The van der Waals surface area contributed by atoms with Crippen LogP contribution in [0.4, 0.5) is 5.69 Å². The van der Waals surface area contributed by atoms with Gasteiger partial charge in [-0.15, -0.1) is 0 Å². The van der Waals surface area contributed by atoms with Crippen LogP contribution in [0.3, 0.4) is 0 Å². The van der Waals surface area contributed by atoms with E-state index in [4.69, 9.17) is 19.2 Å². The minimum atomic E-state index is -0.112. The molecule has 0 radical (unpaired) electrons. The van der Waals surface area contributed by atoms with Gasteiger partial charge in [0.2, 0.25) is 0 Å². The largest absolute Gasteiger partial charge is 0.497 e. The Kier molecular flexibility index (Phi) is 3.30. The van der Waals surface area contributed by atoms with Crippen molar-refractivity contribution in [1.82, 2.24) is 0 Å². The van der Waals surface area contributed by atoms with Crippen LogP contribution >= 0.6 is 0 Å². The van der Waals surface area contributed by atoms with Gasteiger partial charge in [0, 0.05) is 11.3 Å². The molecule has 124 valence electrons. The van der Waals surface area contributed by atoms with E-state index in [1.165, 1.54) is 5.56 Å². The molecule has 24 heavy (non-hydrogen) atoms. The summed E-state index contributed by atoms with van der Waals surface area (Å²) in [4.78, 5) is 4.99. The maximum absolute atomic E-state index is 6.05.